The SMILES string of the molecule is COC(=O)c1occc1CNC1CC(C)(C)CC(C)(C)C1. The maximum absolute atomic E-state index is 11.6. The van der Waals surface area contributed by atoms with Crippen molar-refractivity contribution in [2.45, 2.75) is 59.5 Å². The minimum Gasteiger partial charge on any atom is -0.463 e. The van der Waals surface area contributed by atoms with Crippen molar-refractivity contribution in [2.24, 2.45) is 10.8 Å². The summed E-state index contributed by atoms with van der Waals surface area (Å²) >= 11 is 0. The van der Waals surface area contributed by atoms with Crippen LogP contribution in [-0.2, 0) is 11.3 Å². The summed E-state index contributed by atoms with van der Waals surface area (Å²) in [5.74, 6) is -0.111. The minimum absolute atomic E-state index is 0.305. The smallest absolute Gasteiger partial charge is 0.374 e. The van der Waals surface area contributed by atoms with Crippen LogP contribution in [0.15, 0.2) is 16.7 Å². The predicted octanol–water partition coefficient (Wildman–Crippen LogP) is 3.76. The summed E-state index contributed by atoms with van der Waals surface area (Å²) in [7, 11) is 1.37. The van der Waals surface area contributed by atoms with Crippen molar-refractivity contribution in [1.82, 2.24) is 5.32 Å². The lowest BCUT2D eigenvalue weighted by molar-refractivity contribution is 0.0561. The maximum atomic E-state index is 11.6. The maximum Gasteiger partial charge on any atom is 0.374 e. The molecule has 1 heterocycles. The molecule has 0 unspecified atom stereocenters. The molecule has 1 N–H and O–H groups in total. The Hall–Kier alpha value is -1.29. The molecule has 1 saturated carbocycles. The van der Waals surface area contributed by atoms with Crippen LogP contribution in [0.1, 0.15) is 63.1 Å². The Balaban J connectivity index is 2.00. The van der Waals surface area contributed by atoms with Crippen molar-refractivity contribution in [3.63, 3.8) is 0 Å². The van der Waals surface area contributed by atoms with E-state index < -0.39 is 5.97 Å². The number of furan rings is 1. The molecule has 0 aliphatic heterocycles. The molecule has 0 spiro atoms. The third-order valence-corrected chi connectivity index (χ3v) is 4.25. The van der Waals surface area contributed by atoms with Crippen molar-refractivity contribution >= 4 is 5.97 Å². The van der Waals surface area contributed by atoms with E-state index in [-0.39, 0.29) is 0 Å². The number of nitrogens with one attached hydrogen (secondary N) is 1. The van der Waals surface area contributed by atoms with Gasteiger partial charge in [0.2, 0.25) is 5.76 Å². The first-order valence-corrected chi connectivity index (χ1v) is 7.60. The van der Waals surface area contributed by atoms with Gasteiger partial charge in [-0.3, -0.25) is 0 Å². The first-order chi connectivity index (χ1) is 9.72. The zero-order chi connectivity index (χ0) is 15.7. The lowest BCUT2D eigenvalue weighted by Crippen LogP contribution is -2.43. The zero-order valence-electron chi connectivity index (χ0n) is 13.8. The highest BCUT2D eigenvalue weighted by molar-refractivity contribution is 5.87. The average Bonchev–Trinajstić information content (AvgIpc) is 2.80. The van der Waals surface area contributed by atoms with Gasteiger partial charge in [0.05, 0.1) is 13.4 Å². The van der Waals surface area contributed by atoms with Gasteiger partial charge in [0.15, 0.2) is 0 Å². The molecule has 118 valence electrons. The average molecular weight is 293 g/mol. The second-order valence-electron chi connectivity index (χ2n) is 7.76. The lowest BCUT2D eigenvalue weighted by Gasteiger charge is -2.45. The monoisotopic (exact) mass is 293 g/mol. The van der Waals surface area contributed by atoms with Crippen molar-refractivity contribution in [2.75, 3.05) is 7.11 Å². The fourth-order valence-corrected chi connectivity index (χ4v) is 3.99. The number of hydrogen-bond acceptors (Lipinski definition) is 4. The van der Waals surface area contributed by atoms with Crippen molar-refractivity contribution in [3.8, 4) is 0 Å². The lowest BCUT2D eigenvalue weighted by atomic mass is 9.63. The molecular weight excluding hydrogens is 266 g/mol. The van der Waals surface area contributed by atoms with Crippen molar-refractivity contribution in [3.05, 3.63) is 23.7 Å². The highest BCUT2D eigenvalue weighted by Crippen LogP contribution is 2.45. The van der Waals surface area contributed by atoms with Crippen LogP contribution in [0.4, 0.5) is 0 Å². The quantitative estimate of drug-likeness (QED) is 0.859. The van der Waals surface area contributed by atoms with Crippen LogP contribution in [0.25, 0.3) is 0 Å². The number of carbonyl (C=O) groups is 1. The normalized spacial score (nSPS) is 21.2. The number of hydrogen-bond donors (Lipinski definition) is 1. The first-order valence-electron chi connectivity index (χ1n) is 7.60. The first kappa shape index (κ1) is 16.1. The molecule has 1 aliphatic rings. The molecule has 1 aliphatic carbocycles. The Kier molecular flexibility index (Phi) is 4.47. The van der Waals surface area contributed by atoms with E-state index in [4.69, 9.17) is 9.15 Å². The number of methoxy groups -OCH3 is 1. The molecule has 1 fully saturated rings. The van der Waals surface area contributed by atoms with Crippen molar-refractivity contribution in [1.29, 1.82) is 0 Å². The summed E-state index contributed by atoms with van der Waals surface area (Å²) in [5.41, 5.74) is 1.56. The van der Waals surface area contributed by atoms with Gasteiger partial charge in [-0.25, -0.2) is 4.79 Å². The highest BCUT2D eigenvalue weighted by atomic mass is 16.5. The third kappa shape index (κ3) is 4.10. The van der Waals surface area contributed by atoms with E-state index in [9.17, 15) is 4.79 Å². The molecular formula is C17H27NO3. The molecule has 0 aromatic carbocycles. The van der Waals surface area contributed by atoms with E-state index in [2.05, 4.69) is 33.0 Å². The van der Waals surface area contributed by atoms with Crippen molar-refractivity contribution < 1.29 is 13.9 Å². The fourth-order valence-electron chi connectivity index (χ4n) is 3.99. The summed E-state index contributed by atoms with van der Waals surface area (Å²) in [5, 5.41) is 3.59. The molecule has 2 rings (SSSR count). The summed E-state index contributed by atoms with van der Waals surface area (Å²) < 4.78 is 9.96. The van der Waals surface area contributed by atoms with E-state index in [0.29, 0.717) is 29.2 Å². The van der Waals surface area contributed by atoms with Gasteiger partial charge >= 0.3 is 5.97 Å². The summed E-state index contributed by atoms with van der Waals surface area (Å²) in [6.07, 6.45) is 5.10. The van der Waals surface area contributed by atoms with Gasteiger partial charge in [-0.05, 0) is 36.2 Å². The van der Waals surface area contributed by atoms with E-state index in [1.54, 1.807) is 0 Å². The summed E-state index contributed by atoms with van der Waals surface area (Å²) in [6, 6.07) is 2.29. The van der Waals surface area contributed by atoms with Gasteiger partial charge < -0.3 is 14.5 Å². The van der Waals surface area contributed by atoms with Crippen LogP contribution < -0.4 is 5.32 Å². The summed E-state index contributed by atoms with van der Waals surface area (Å²) in [4.78, 5) is 11.6. The largest absolute Gasteiger partial charge is 0.463 e. The molecule has 0 bridgehead atoms. The van der Waals surface area contributed by atoms with E-state index in [0.717, 1.165) is 18.4 Å². The molecule has 1 aromatic rings. The molecule has 4 heteroatoms. The molecule has 0 radical (unpaired) electrons. The zero-order valence-corrected chi connectivity index (χ0v) is 13.8. The number of carbonyl (C=O) groups excluding carboxylic acids is 1. The molecule has 0 atom stereocenters. The molecule has 4 nitrogen and oxygen atoms in total. The number of ether oxygens (including phenoxy) is 1. The molecule has 1 aromatic heterocycles. The van der Waals surface area contributed by atoms with Gasteiger partial charge in [-0.1, -0.05) is 27.7 Å². The van der Waals surface area contributed by atoms with Crippen LogP contribution in [0.2, 0.25) is 0 Å². The van der Waals surface area contributed by atoms with Gasteiger partial charge in [0, 0.05) is 18.2 Å². The Morgan fingerprint density at radius 2 is 1.95 bits per heavy atom. The van der Waals surface area contributed by atoms with Crippen LogP contribution >= 0.6 is 0 Å². The van der Waals surface area contributed by atoms with Crippen LogP contribution in [0, 0.1) is 10.8 Å². The minimum atomic E-state index is -0.416. The van der Waals surface area contributed by atoms with Crippen LogP contribution in [-0.4, -0.2) is 19.1 Å². The summed E-state index contributed by atoms with van der Waals surface area (Å²) in [6.45, 7) is 9.97. The Morgan fingerprint density at radius 1 is 1.33 bits per heavy atom. The Morgan fingerprint density at radius 3 is 2.52 bits per heavy atom. The van der Waals surface area contributed by atoms with Gasteiger partial charge in [-0.15, -0.1) is 0 Å². The Bertz CT molecular complexity index is 486. The second-order valence-corrected chi connectivity index (χ2v) is 7.76. The van der Waals surface area contributed by atoms with Gasteiger partial charge in [0.1, 0.15) is 0 Å². The number of rotatable bonds is 4. The van der Waals surface area contributed by atoms with Crippen LogP contribution in [0.3, 0.4) is 0 Å². The predicted molar refractivity (Wildman–Crippen MR) is 82.1 cm³/mol. The van der Waals surface area contributed by atoms with E-state index in [1.807, 2.05) is 6.07 Å². The standard InChI is InChI=1S/C17H27NO3/c1-16(2)8-13(9-17(3,4)11-16)18-10-12-6-7-21-14(12)15(19)20-5/h6-7,13,18H,8-11H2,1-5H3. The molecule has 0 saturated heterocycles. The van der Waals surface area contributed by atoms with Gasteiger partial charge in [-0.2, -0.15) is 0 Å². The molecule has 0 amide bonds. The molecule has 21 heavy (non-hydrogen) atoms. The third-order valence-electron chi connectivity index (χ3n) is 4.25. The van der Waals surface area contributed by atoms with E-state index in [1.165, 1.54) is 19.8 Å². The van der Waals surface area contributed by atoms with Gasteiger partial charge in [0.25, 0.3) is 0 Å². The van der Waals surface area contributed by atoms with E-state index >= 15 is 0 Å². The number of esters is 1. The fraction of sp³-hybridized carbons (Fsp3) is 0.706. The Labute approximate surface area is 127 Å². The van der Waals surface area contributed by atoms with Crippen LogP contribution in [0.5, 0.6) is 0 Å². The highest BCUT2D eigenvalue weighted by Gasteiger charge is 2.38. The topological polar surface area (TPSA) is 51.5 Å². The second kappa shape index (κ2) is 5.84.